The van der Waals surface area contributed by atoms with Crippen LogP contribution in [0.4, 0.5) is 18.9 Å². The van der Waals surface area contributed by atoms with Crippen LogP contribution in [0.15, 0.2) is 30.3 Å². The number of hydrogen-bond acceptors (Lipinski definition) is 2. The average molecular weight is 294 g/mol. The van der Waals surface area contributed by atoms with Crippen molar-refractivity contribution < 1.29 is 18.0 Å². The van der Waals surface area contributed by atoms with Crippen molar-refractivity contribution in [3.8, 4) is 0 Å². The average Bonchev–Trinajstić information content (AvgIpc) is 2.44. The van der Waals surface area contributed by atoms with Gasteiger partial charge in [0.05, 0.1) is 0 Å². The van der Waals surface area contributed by atoms with Gasteiger partial charge in [-0.2, -0.15) is 0 Å². The standard InChI is InChI=1S/C15H13F3N2O/c1-8-2-5-11(16)14(13(8)18)20-7-10-4-3-9(15(19)21)6-12(10)17/h2-6,20H,7H2,1H3,(H2,19,21). The Morgan fingerprint density at radius 2 is 1.86 bits per heavy atom. The molecule has 2 aromatic rings. The number of amides is 1. The summed E-state index contributed by atoms with van der Waals surface area (Å²) in [6.45, 7) is 1.38. The number of primary amides is 1. The lowest BCUT2D eigenvalue weighted by molar-refractivity contribution is 0.1000. The van der Waals surface area contributed by atoms with Crippen molar-refractivity contribution in [3.63, 3.8) is 0 Å². The van der Waals surface area contributed by atoms with Crippen LogP contribution in [0.5, 0.6) is 0 Å². The molecule has 21 heavy (non-hydrogen) atoms. The van der Waals surface area contributed by atoms with Crippen LogP contribution in [0.3, 0.4) is 0 Å². The molecular formula is C15H13F3N2O. The highest BCUT2D eigenvalue weighted by Gasteiger charge is 2.12. The second-order valence-corrected chi connectivity index (χ2v) is 4.58. The van der Waals surface area contributed by atoms with Gasteiger partial charge < -0.3 is 11.1 Å². The van der Waals surface area contributed by atoms with E-state index in [9.17, 15) is 18.0 Å². The molecule has 0 heterocycles. The third kappa shape index (κ3) is 3.16. The minimum absolute atomic E-state index is 0.0316. The molecule has 0 saturated carbocycles. The van der Waals surface area contributed by atoms with Crippen LogP contribution >= 0.6 is 0 Å². The van der Waals surface area contributed by atoms with E-state index in [2.05, 4.69) is 5.32 Å². The molecule has 2 rings (SSSR count). The van der Waals surface area contributed by atoms with Gasteiger partial charge in [-0.1, -0.05) is 12.1 Å². The molecule has 0 aromatic heterocycles. The highest BCUT2D eigenvalue weighted by atomic mass is 19.1. The number of rotatable bonds is 4. The van der Waals surface area contributed by atoms with E-state index in [4.69, 9.17) is 5.73 Å². The molecule has 0 aliphatic heterocycles. The summed E-state index contributed by atoms with van der Waals surface area (Å²) in [5.41, 5.74) is 5.20. The van der Waals surface area contributed by atoms with Gasteiger partial charge in [0.1, 0.15) is 17.3 Å². The van der Waals surface area contributed by atoms with Crippen LogP contribution in [0.25, 0.3) is 0 Å². The first kappa shape index (κ1) is 14.9. The molecule has 0 bridgehead atoms. The minimum atomic E-state index is -0.757. The molecule has 0 fully saturated rings. The maximum absolute atomic E-state index is 13.8. The Morgan fingerprint density at radius 3 is 2.48 bits per heavy atom. The summed E-state index contributed by atoms with van der Waals surface area (Å²) in [6, 6.07) is 6.13. The summed E-state index contributed by atoms with van der Waals surface area (Å²) in [4.78, 5) is 10.9. The number of anilines is 1. The summed E-state index contributed by atoms with van der Waals surface area (Å²) >= 11 is 0. The fourth-order valence-electron chi connectivity index (χ4n) is 1.85. The van der Waals surface area contributed by atoms with Crippen LogP contribution in [-0.2, 0) is 6.54 Å². The van der Waals surface area contributed by atoms with E-state index in [-0.39, 0.29) is 28.9 Å². The van der Waals surface area contributed by atoms with Crippen LogP contribution in [0.1, 0.15) is 21.5 Å². The molecule has 110 valence electrons. The molecule has 0 saturated heterocycles. The monoisotopic (exact) mass is 294 g/mol. The molecule has 0 atom stereocenters. The first-order valence-corrected chi connectivity index (χ1v) is 6.17. The zero-order valence-electron chi connectivity index (χ0n) is 11.2. The van der Waals surface area contributed by atoms with Crippen molar-refractivity contribution in [2.45, 2.75) is 13.5 Å². The lowest BCUT2D eigenvalue weighted by Gasteiger charge is -2.11. The van der Waals surface area contributed by atoms with E-state index in [1.54, 1.807) is 0 Å². The van der Waals surface area contributed by atoms with E-state index >= 15 is 0 Å². The number of aryl methyl sites for hydroxylation is 1. The van der Waals surface area contributed by atoms with Gasteiger partial charge in [0, 0.05) is 17.7 Å². The lowest BCUT2D eigenvalue weighted by atomic mass is 10.1. The van der Waals surface area contributed by atoms with Crippen LogP contribution in [0.2, 0.25) is 0 Å². The highest BCUT2D eigenvalue weighted by molar-refractivity contribution is 5.92. The highest BCUT2D eigenvalue weighted by Crippen LogP contribution is 2.22. The molecule has 6 heteroatoms. The Morgan fingerprint density at radius 1 is 1.14 bits per heavy atom. The molecule has 3 nitrogen and oxygen atoms in total. The van der Waals surface area contributed by atoms with Crippen LogP contribution < -0.4 is 11.1 Å². The summed E-state index contributed by atoms with van der Waals surface area (Å²) < 4.78 is 41.1. The van der Waals surface area contributed by atoms with Gasteiger partial charge >= 0.3 is 0 Å². The quantitative estimate of drug-likeness (QED) is 0.910. The van der Waals surface area contributed by atoms with E-state index < -0.39 is 23.4 Å². The van der Waals surface area contributed by atoms with Gasteiger partial charge in [-0.15, -0.1) is 0 Å². The van der Waals surface area contributed by atoms with E-state index in [0.29, 0.717) is 0 Å². The number of benzene rings is 2. The number of hydrogen-bond donors (Lipinski definition) is 2. The topological polar surface area (TPSA) is 55.1 Å². The van der Waals surface area contributed by atoms with Crippen molar-refractivity contribution in [3.05, 3.63) is 64.5 Å². The summed E-state index contributed by atoms with van der Waals surface area (Å²) in [7, 11) is 0. The smallest absolute Gasteiger partial charge is 0.248 e. The zero-order valence-corrected chi connectivity index (χ0v) is 11.2. The van der Waals surface area contributed by atoms with Gasteiger partial charge in [0.25, 0.3) is 0 Å². The third-order valence-electron chi connectivity index (χ3n) is 3.08. The molecule has 2 aromatic carbocycles. The maximum atomic E-state index is 13.8. The molecule has 0 unspecified atom stereocenters. The van der Waals surface area contributed by atoms with Crippen molar-refractivity contribution in [1.29, 1.82) is 0 Å². The first-order chi connectivity index (χ1) is 9.90. The van der Waals surface area contributed by atoms with Crippen LogP contribution in [-0.4, -0.2) is 5.91 Å². The predicted octanol–water partition coefficient (Wildman–Crippen LogP) is 3.12. The zero-order chi connectivity index (χ0) is 15.6. The third-order valence-corrected chi connectivity index (χ3v) is 3.08. The fourth-order valence-corrected chi connectivity index (χ4v) is 1.85. The Balaban J connectivity index is 2.21. The number of nitrogens with one attached hydrogen (secondary N) is 1. The number of carbonyl (C=O) groups excluding carboxylic acids is 1. The number of carbonyl (C=O) groups is 1. The van der Waals surface area contributed by atoms with Gasteiger partial charge in [0.15, 0.2) is 5.82 Å². The van der Waals surface area contributed by atoms with Gasteiger partial charge in [-0.3, -0.25) is 4.79 Å². The largest absolute Gasteiger partial charge is 0.376 e. The van der Waals surface area contributed by atoms with E-state index in [1.165, 1.54) is 25.1 Å². The van der Waals surface area contributed by atoms with Crippen molar-refractivity contribution >= 4 is 11.6 Å². The van der Waals surface area contributed by atoms with E-state index in [1.807, 2.05) is 0 Å². The van der Waals surface area contributed by atoms with Crippen molar-refractivity contribution in [2.24, 2.45) is 5.73 Å². The van der Waals surface area contributed by atoms with Crippen LogP contribution in [0, 0.1) is 24.4 Å². The fraction of sp³-hybridized carbons (Fsp3) is 0.133. The Labute approximate surface area is 119 Å². The molecule has 0 spiro atoms. The maximum Gasteiger partial charge on any atom is 0.248 e. The summed E-state index contributed by atoms with van der Waals surface area (Å²) in [5, 5.41) is 2.52. The van der Waals surface area contributed by atoms with Crippen molar-refractivity contribution in [2.75, 3.05) is 5.32 Å². The molecule has 3 N–H and O–H groups in total. The molecule has 1 amide bonds. The lowest BCUT2D eigenvalue weighted by Crippen LogP contribution is -2.12. The summed E-state index contributed by atoms with van der Waals surface area (Å²) in [6.07, 6.45) is 0. The summed E-state index contributed by atoms with van der Waals surface area (Å²) in [5.74, 6) is -2.90. The SMILES string of the molecule is Cc1ccc(F)c(NCc2ccc(C(N)=O)cc2F)c1F. The Kier molecular flexibility index (Phi) is 4.16. The molecule has 0 aliphatic rings. The van der Waals surface area contributed by atoms with Gasteiger partial charge in [-0.05, 0) is 30.7 Å². The Hall–Kier alpha value is -2.50. The minimum Gasteiger partial charge on any atom is -0.376 e. The normalized spacial score (nSPS) is 10.5. The number of halogens is 3. The second-order valence-electron chi connectivity index (χ2n) is 4.58. The van der Waals surface area contributed by atoms with Gasteiger partial charge in [-0.25, -0.2) is 13.2 Å². The molecular weight excluding hydrogens is 281 g/mol. The molecule has 0 radical (unpaired) electrons. The van der Waals surface area contributed by atoms with Gasteiger partial charge in [0.2, 0.25) is 5.91 Å². The van der Waals surface area contributed by atoms with E-state index in [0.717, 1.165) is 12.1 Å². The first-order valence-electron chi connectivity index (χ1n) is 6.17. The Bertz CT molecular complexity index is 702. The molecule has 0 aliphatic carbocycles. The number of nitrogens with two attached hydrogens (primary N) is 1. The predicted molar refractivity (Wildman–Crippen MR) is 73.3 cm³/mol. The van der Waals surface area contributed by atoms with Crippen molar-refractivity contribution in [1.82, 2.24) is 0 Å². The second kappa shape index (κ2) is 5.87.